The molecule has 0 bridgehead atoms. The number of fused-ring (bicyclic) bond motifs is 7. The number of hydrogen-bond donors (Lipinski definition) is 0. The first kappa shape index (κ1) is 42.3. The van der Waals surface area contributed by atoms with Crippen LogP contribution in [0.4, 0.5) is 34.3 Å². The van der Waals surface area contributed by atoms with E-state index in [1.54, 1.807) is 0 Å². The highest BCUT2D eigenvalue weighted by atomic mass is 32.1. The van der Waals surface area contributed by atoms with Crippen LogP contribution >= 0.6 is 11.3 Å². The van der Waals surface area contributed by atoms with E-state index >= 15 is 0 Å². The number of anilines is 6. The first-order valence-electron chi connectivity index (χ1n) is 23.6. The van der Waals surface area contributed by atoms with E-state index in [1.807, 2.05) is 11.3 Å². The summed E-state index contributed by atoms with van der Waals surface area (Å²) in [5.41, 5.74) is 23.2. The van der Waals surface area contributed by atoms with Crippen molar-refractivity contribution in [2.75, 3.05) is 9.80 Å². The van der Waals surface area contributed by atoms with Crippen LogP contribution in [0.25, 0.3) is 43.3 Å². The van der Waals surface area contributed by atoms with E-state index in [1.165, 1.54) is 110 Å². The minimum absolute atomic E-state index is 0.00733. The molecule has 0 unspecified atom stereocenters. The molecule has 5 heteroatoms. The Labute approximate surface area is 395 Å². The molecule has 66 heavy (non-hydrogen) atoms. The molecule has 2 aromatic heterocycles. The van der Waals surface area contributed by atoms with Crippen molar-refractivity contribution < 1.29 is 4.42 Å². The maximum absolute atomic E-state index is 7.33. The molecule has 2 aliphatic heterocycles. The second-order valence-electron chi connectivity index (χ2n) is 22.0. The molecule has 0 saturated carbocycles. The third-order valence-electron chi connectivity index (χ3n) is 14.3. The van der Waals surface area contributed by atoms with Gasteiger partial charge in [-0.05, 0) is 140 Å². The molecule has 7 aromatic carbocycles. The molecule has 0 atom stereocenters. The zero-order valence-electron chi connectivity index (χ0n) is 40.6. The van der Waals surface area contributed by atoms with Gasteiger partial charge in [0.25, 0.3) is 6.71 Å². The Hall–Kier alpha value is -6.30. The minimum Gasteiger partial charge on any atom is -0.440 e. The van der Waals surface area contributed by atoms with Gasteiger partial charge in [0, 0.05) is 49.1 Å². The third kappa shape index (κ3) is 6.60. The van der Waals surface area contributed by atoms with Crippen molar-refractivity contribution in [2.24, 2.45) is 0 Å². The summed E-state index contributed by atoms with van der Waals surface area (Å²) in [6, 6.07) is 50.7. The minimum atomic E-state index is -0.112. The van der Waals surface area contributed by atoms with Crippen molar-refractivity contribution in [2.45, 2.75) is 99.3 Å². The molecule has 9 aromatic rings. The molecular formula is C61H59BN2OS. The summed E-state index contributed by atoms with van der Waals surface area (Å²) in [5, 5.41) is 4.81. The van der Waals surface area contributed by atoms with Crippen molar-refractivity contribution in [3.05, 3.63) is 172 Å². The Bertz CT molecular complexity index is 3400. The topological polar surface area (TPSA) is 19.6 Å². The van der Waals surface area contributed by atoms with Gasteiger partial charge in [0.15, 0.2) is 0 Å². The monoisotopic (exact) mass is 878 g/mol. The highest BCUT2D eigenvalue weighted by Crippen LogP contribution is 2.51. The predicted molar refractivity (Wildman–Crippen MR) is 287 cm³/mol. The van der Waals surface area contributed by atoms with E-state index < -0.39 is 0 Å². The van der Waals surface area contributed by atoms with E-state index in [-0.39, 0.29) is 23.0 Å². The fourth-order valence-electron chi connectivity index (χ4n) is 10.8. The van der Waals surface area contributed by atoms with Gasteiger partial charge in [-0.25, -0.2) is 0 Å². The Balaban J connectivity index is 1.28. The van der Waals surface area contributed by atoms with Crippen LogP contribution in [0.5, 0.6) is 0 Å². The number of hydrogen-bond acceptors (Lipinski definition) is 4. The molecule has 3 nitrogen and oxygen atoms in total. The molecule has 2 aliphatic rings. The van der Waals surface area contributed by atoms with E-state index in [4.69, 9.17) is 4.42 Å². The number of benzene rings is 7. The highest BCUT2D eigenvalue weighted by molar-refractivity contribution is 7.17. The van der Waals surface area contributed by atoms with Crippen molar-refractivity contribution >= 4 is 89.8 Å². The summed E-state index contributed by atoms with van der Waals surface area (Å²) in [6.45, 7) is 27.6. The summed E-state index contributed by atoms with van der Waals surface area (Å²) in [5.74, 6) is 0.905. The van der Waals surface area contributed by atoms with Gasteiger partial charge in [-0.2, -0.15) is 0 Å². The van der Waals surface area contributed by atoms with E-state index in [0.29, 0.717) is 0 Å². The van der Waals surface area contributed by atoms with Gasteiger partial charge in [-0.1, -0.05) is 153 Å². The second-order valence-corrected chi connectivity index (χ2v) is 22.9. The van der Waals surface area contributed by atoms with Crippen LogP contribution in [0.15, 0.2) is 143 Å². The quantitative estimate of drug-likeness (QED) is 0.164. The Morgan fingerprint density at radius 3 is 1.77 bits per heavy atom. The van der Waals surface area contributed by atoms with Crippen molar-refractivity contribution in [3.8, 4) is 22.3 Å². The largest absolute Gasteiger partial charge is 0.440 e. The Morgan fingerprint density at radius 2 is 1.09 bits per heavy atom. The molecule has 0 fully saturated rings. The maximum Gasteiger partial charge on any atom is 0.257 e. The molecule has 0 saturated heterocycles. The van der Waals surface area contributed by atoms with E-state index in [0.717, 1.165) is 17.2 Å². The van der Waals surface area contributed by atoms with Crippen molar-refractivity contribution in [3.63, 3.8) is 0 Å². The third-order valence-corrected chi connectivity index (χ3v) is 15.3. The normalized spacial score (nSPS) is 13.7. The highest BCUT2D eigenvalue weighted by Gasteiger charge is 2.47. The van der Waals surface area contributed by atoms with Gasteiger partial charge >= 0.3 is 0 Å². The summed E-state index contributed by atoms with van der Waals surface area (Å²) in [4.78, 5) is 5.09. The number of nitrogens with zero attached hydrogens (tertiary/aromatic N) is 2. The maximum atomic E-state index is 7.33. The van der Waals surface area contributed by atoms with Crippen LogP contribution in [0.3, 0.4) is 0 Å². The Kier molecular flexibility index (Phi) is 9.53. The lowest BCUT2D eigenvalue weighted by Crippen LogP contribution is -2.61. The second kappa shape index (κ2) is 14.9. The lowest BCUT2D eigenvalue weighted by Gasteiger charge is -2.44. The van der Waals surface area contributed by atoms with Crippen molar-refractivity contribution in [1.29, 1.82) is 0 Å². The summed E-state index contributed by atoms with van der Waals surface area (Å²) in [6.07, 6.45) is 0. The average Bonchev–Trinajstić information content (AvgIpc) is 3.88. The summed E-state index contributed by atoms with van der Waals surface area (Å²) in [7, 11) is 0. The summed E-state index contributed by atoms with van der Waals surface area (Å²) >= 11 is 1.82. The van der Waals surface area contributed by atoms with Crippen LogP contribution in [0, 0.1) is 20.8 Å². The molecule has 0 amide bonds. The SMILES string of the molecule is Cc1cc(C(C)(C)C)cc(C)c1N1c2cccc3c2B(c2cc(-c4csc5ccccc45)ccc2N3c2c(C)cc(C(C)(C)C)cc2-c2ccccc2)c2c1oc1ccc(C(C)(C)C)cc21. The molecule has 0 radical (unpaired) electrons. The number of thiophene rings is 1. The average molecular weight is 879 g/mol. The molecule has 0 N–H and O–H groups in total. The summed E-state index contributed by atoms with van der Waals surface area (Å²) < 4.78 is 8.63. The Morgan fingerprint density at radius 1 is 0.470 bits per heavy atom. The first-order valence-corrected chi connectivity index (χ1v) is 24.5. The van der Waals surface area contributed by atoms with Crippen molar-refractivity contribution in [1.82, 2.24) is 0 Å². The van der Waals surface area contributed by atoms with Gasteiger partial charge in [0.2, 0.25) is 5.88 Å². The number of aryl methyl sites for hydroxylation is 3. The van der Waals surface area contributed by atoms with Gasteiger partial charge in [0.05, 0.1) is 11.4 Å². The molecule has 328 valence electrons. The van der Waals surface area contributed by atoms with Crippen LogP contribution in [-0.2, 0) is 16.2 Å². The van der Waals surface area contributed by atoms with Crippen LogP contribution in [0.1, 0.15) is 95.7 Å². The van der Waals surface area contributed by atoms with Crippen LogP contribution in [0.2, 0.25) is 0 Å². The number of furan rings is 1. The van der Waals surface area contributed by atoms with Crippen LogP contribution in [-0.4, -0.2) is 6.71 Å². The predicted octanol–water partition coefficient (Wildman–Crippen LogP) is 15.9. The zero-order chi connectivity index (χ0) is 46.2. The van der Waals surface area contributed by atoms with Crippen LogP contribution < -0.4 is 26.2 Å². The van der Waals surface area contributed by atoms with Gasteiger partial charge in [0.1, 0.15) is 5.58 Å². The van der Waals surface area contributed by atoms with Gasteiger partial charge in [-0.15, -0.1) is 11.3 Å². The lowest BCUT2D eigenvalue weighted by atomic mass is 9.33. The van der Waals surface area contributed by atoms with E-state index in [9.17, 15) is 0 Å². The fourth-order valence-corrected chi connectivity index (χ4v) is 11.8. The molecule has 4 heterocycles. The smallest absolute Gasteiger partial charge is 0.257 e. The van der Waals surface area contributed by atoms with Gasteiger partial charge in [-0.3, -0.25) is 4.90 Å². The first-order chi connectivity index (χ1) is 31.4. The number of rotatable bonds is 4. The zero-order valence-corrected chi connectivity index (χ0v) is 41.4. The molecule has 0 spiro atoms. The molecular weight excluding hydrogens is 820 g/mol. The molecule has 0 aliphatic carbocycles. The van der Waals surface area contributed by atoms with E-state index in [2.05, 4.69) is 232 Å². The van der Waals surface area contributed by atoms with Gasteiger partial charge < -0.3 is 9.32 Å². The molecule has 11 rings (SSSR count). The fraction of sp³-hybridized carbons (Fsp3) is 0.246. The standard InChI is InChI=1S/C61H59BN2OS/c1-36-29-42(60(7,8)9)30-37(2)56(36)64-51-23-18-22-50-55(51)62(54-46-33-41(59(4,5)6)26-28-52(46)65-58(54)64)48-32-40(47-35-66-53-24-17-16-21-44(47)53)25-27-49(48)63(50)57-38(3)31-43(61(10,11)12)34-45(57)39-19-14-13-15-20-39/h13-35H,1-12H3. The lowest BCUT2D eigenvalue weighted by molar-refractivity contribution is 0.588.